The Kier molecular flexibility index (Phi) is 3.73. The second-order valence-electron chi connectivity index (χ2n) is 7.62. The minimum Gasteiger partial charge on any atom is -0.334 e. The molecule has 0 unspecified atom stereocenters. The number of hydrogen-bond acceptors (Lipinski definition) is 1. The number of nitrogens with zero attached hydrogens (tertiary/aromatic N) is 1. The van der Waals surface area contributed by atoms with Crippen molar-refractivity contribution in [1.82, 2.24) is 4.90 Å². The molecule has 0 heterocycles. The second kappa shape index (κ2) is 5.17. The maximum absolute atomic E-state index is 12.6. The third-order valence-electron chi connectivity index (χ3n) is 5.80. The topological polar surface area (TPSA) is 20.3 Å². The van der Waals surface area contributed by atoms with Gasteiger partial charge in [0.15, 0.2) is 0 Å². The van der Waals surface area contributed by atoms with Gasteiger partial charge in [0.2, 0.25) is 5.91 Å². The maximum Gasteiger partial charge on any atom is 0.406 e. The summed E-state index contributed by atoms with van der Waals surface area (Å²) in [5, 5.41) is 0. The molecule has 0 aliphatic heterocycles. The van der Waals surface area contributed by atoms with Crippen LogP contribution < -0.4 is 0 Å². The SMILES string of the molecule is CCN(CC(F)(F)F)C(=O)CC12CC3CC(CC(C3)C1)C2. The van der Waals surface area contributed by atoms with Gasteiger partial charge in [-0.2, -0.15) is 13.2 Å². The molecular formula is C16H24F3NO. The molecule has 0 saturated heterocycles. The normalized spacial score (nSPS) is 37.8. The molecule has 0 atom stereocenters. The predicted molar refractivity (Wildman–Crippen MR) is 73.5 cm³/mol. The van der Waals surface area contributed by atoms with Gasteiger partial charge in [-0.1, -0.05) is 0 Å². The molecule has 0 aromatic carbocycles. The zero-order valence-corrected chi connectivity index (χ0v) is 12.6. The first-order valence-electron chi connectivity index (χ1n) is 8.13. The van der Waals surface area contributed by atoms with Crippen LogP contribution in [0.25, 0.3) is 0 Å². The van der Waals surface area contributed by atoms with E-state index in [0.29, 0.717) is 6.42 Å². The number of hydrogen-bond donors (Lipinski definition) is 0. The first kappa shape index (κ1) is 15.2. The first-order chi connectivity index (χ1) is 9.78. The van der Waals surface area contributed by atoms with Crippen LogP contribution in [-0.4, -0.2) is 30.1 Å². The van der Waals surface area contributed by atoms with Gasteiger partial charge in [0.1, 0.15) is 6.54 Å². The summed E-state index contributed by atoms with van der Waals surface area (Å²) in [5.41, 5.74) is 0.0187. The summed E-state index contributed by atoms with van der Waals surface area (Å²) in [6, 6.07) is 0. The van der Waals surface area contributed by atoms with Crippen molar-refractivity contribution in [2.45, 2.75) is 58.0 Å². The van der Waals surface area contributed by atoms with Crippen molar-refractivity contribution in [3.8, 4) is 0 Å². The van der Waals surface area contributed by atoms with Gasteiger partial charge >= 0.3 is 6.18 Å². The van der Waals surface area contributed by atoms with Crippen molar-refractivity contribution >= 4 is 5.91 Å². The van der Waals surface area contributed by atoms with E-state index in [1.54, 1.807) is 6.92 Å². The smallest absolute Gasteiger partial charge is 0.334 e. The molecule has 4 bridgehead atoms. The Hall–Kier alpha value is -0.740. The third kappa shape index (κ3) is 3.21. The third-order valence-corrected chi connectivity index (χ3v) is 5.80. The van der Waals surface area contributed by atoms with Gasteiger partial charge in [-0.3, -0.25) is 4.79 Å². The molecule has 4 saturated carbocycles. The van der Waals surface area contributed by atoms with Gasteiger partial charge < -0.3 is 4.90 Å². The molecule has 0 aromatic heterocycles. The van der Waals surface area contributed by atoms with Crippen LogP contribution in [0.3, 0.4) is 0 Å². The monoisotopic (exact) mass is 303 g/mol. The Morgan fingerprint density at radius 2 is 1.57 bits per heavy atom. The lowest BCUT2D eigenvalue weighted by atomic mass is 9.49. The number of alkyl halides is 3. The number of amides is 1. The van der Waals surface area contributed by atoms with Crippen LogP contribution in [0.5, 0.6) is 0 Å². The Balaban J connectivity index is 1.66. The molecule has 0 N–H and O–H groups in total. The lowest BCUT2D eigenvalue weighted by molar-refractivity contribution is -0.165. The van der Waals surface area contributed by atoms with E-state index in [1.165, 1.54) is 19.3 Å². The van der Waals surface area contributed by atoms with Gasteiger partial charge in [0, 0.05) is 13.0 Å². The van der Waals surface area contributed by atoms with Gasteiger partial charge in [0.25, 0.3) is 0 Å². The van der Waals surface area contributed by atoms with E-state index < -0.39 is 12.7 Å². The van der Waals surface area contributed by atoms with Crippen molar-refractivity contribution in [3.05, 3.63) is 0 Å². The Bertz CT molecular complexity index is 383. The van der Waals surface area contributed by atoms with E-state index in [4.69, 9.17) is 0 Å². The molecule has 2 nitrogen and oxygen atoms in total. The van der Waals surface area contributed by atoms with Gasteiger partial charge in [0.05, 0.1) is 0 Å². The van der Waals surface area contributed by atoms with Crippen molar-refractivity contribution < 1.29 is 18.0 Å². The van der Waals surface area contributed by atoms with E-state index >= 15 is 0 Å². The molecule has 120 valence electrons. The van der Waals surface area contributed by atoms with Crippen LogP contribution in [0.15, 0.2) is 0 Å². The number of carbonyl (C=O) groups is 1. The zero-order valence-electron chi connectivity index (χ0n) is 12.6. The van der Waals surface area contributed by atoms with E-state index in [0.717, 1.165) is 41.9 Å². The average Bonchev–Trinajstić information content (AvgIpc) is 2.32. The van der Waals surface area contributed by atoms with Crippen molar-refractivity contribution in [3.63, 3.8) is 0 Å². The predicted octanol–water partition coefficient (Wildman–Crippen LogP) is 4.00. The standard InChI is InChI=1S/C16H24F3NO/c1-2-20(10-16(17,18)19)14(21)9-15-6-11-3-12(7-15)5-13(4-11)8-15/h11-13H,2-10H2,1H3. The van der Waals surface area contributed by atoms with Gasteiger partial charge in [-0.05, 0) is 68.6 Å². The molecule has 0 radical (unpaired) electrons. The maximum atomic E-state index is 12.6. The molecule has 0 aromatic rings. The fraction of sp³-hybridized carbons (Fsp3) is 0.938. The number of halogens is 3. The van der Waals surface area contributed by atoms with Crippen LogP contribution in [-0.2, 0) is 4.79 Å². The van der Waals surface area contributed by atoms with Crippen LogP contribution in [0, 0.1) is 23.2 Å². The largest absolute Gasteiger partial charge is 0.406 e. The van der Waals surface area contributed by atoms with Gasteiger partial charge in [-0.15, -0.1) is 0 Å². The summed E-state index contributed by atoms with van der Waals surface area (Å²) in [7, 11) is 0. The minimum atomic E-state index is -4.30. The highest BCUT2D eigenvalue weighted by atomic mass is 19.4. The van der Waals surface area contributed by atoms with Crippen molar-refractivity contribution in [2.75, 3.05) is 13.1 Å². The molecule has 1 amide bonds. The molecular weight excluding hydrogens is 279 g/mol. The summed E-state index contributed by atoms with van der Waals surface area (Å²) in [5.74, 6) is 1.88. The second-order valence-corrected chi connectivity index (χ2v) is 7.62. The Labute approximate surface area is 124 Å². The van der Waals surface area contributed by atoms with E-state index in [9.17, 15) is 18.0 Å². The quantitative estimate of drug-likeness (QED) is 0.768. The molecule has 0 spiro atoms. The van der Waals surface area contributed by atoms with E-state index in [-0.39, 0.29) is 17.9 Å². The molecule has 21 heavy (non-hydrogen) atoms. The highest BCUT2D eigenvalue weighted by Gasteiger charge is 2.51. The number of carbonyl (C=O) groups excluding carboxylic acids is 1. The highest BCUT2D eigenvalue weighted by molar-refractivity contribution is 5.77. The molecule has 4 rings (SSSR count). The van der Waals surface area contributed by atoms with E-state index in [2.05, 4.69) is 0 Å². The summed E-state index contributed by atoms with van der Waals surface area (Å²) in [6.45, 7) is 0.669. The Morgan fingerprint density at radius 3 is 1.95 bits per heavy atom. The molecule has 5 heteroatoms. The first-order valence-corrected chi connectivity index (χ1v) is 8.13. The lowest BCUT2D eigenvalue weighted by Crippen LogP contribution is -2.49. The lowest BCUT2D eigenvalue weighted by Gasteiger charge is -2.57. The molecule has 4 aliphatic rings. The van der Waals surface area contributed by atoms with Gasteiger partial charge in [-0.25, -0.2) is 0 Å². The highest BCUT2D eigenvalue weighted by Crippen LogP contribution is 2.61. The van der Waals surface area contributed by atoms with Crippen molar-refractivity contribution in [1.29, 1.82) is 0 Å². The summed E-state index contributed by atoms with van der Waals surface area (Å²) >= 11 is 0. The van der Waals surface area contributed by atoms with Crippen LogP contribution >= 0.6 is 0 Å². The minimum absolute atomic E-state index is 0.0187. The zero-order chi connectivity index (χ0) is 15.3. The summed E-state index contributed by atoms with van der Waals surface area (Å²) in [4.78, 5) is 13.3. The van der Waals surface area contributed by atoms with Crippen LogP contribution in [0.4, 0.5) is 13.2 Å². The summed E-state index contributed by atoms with van der Waals surface area (Å²) in [6.07, 6.45) is 3.08. The average molecular weight is 303 g/mol. The summed E-state index contributed by atoms with van der Waals surface area (Å²) < 4.78 is 37.7. The molecule has 4 fully saturated rings. The van der Waals surface area contributed by atoms with Crippen molar-refractivity contribution in [2.24, 2.45) is 23.2 Å². The fourth-order valence-electron chi connectivity index (χ4n) is 5.53. The number of rotatable bonds is 4. The van der Waals surface area contributed by atoms with E-state index in [1.807, 2.05) is 0 Å². The fourth-order valence-corrected chi connectivity index (χ4v) is 5.53. The molecule has 4 aliphatic carbocycles. The Morgan fingerprint density at radius 1 is 1.10 bits per heavy atom. The van der Waals surface area contributed by atoms with Crippen LogP contribution in [0.1, 0.15) is 51.9 Å². The van der Waals surface area contributed by atoms with Crippen LogP contribution in [0.2, 0.25) is 0 Å².